The number of hydrogen-bond acceptors (Lipinski definition) is 1. The van der Waals surface area contributed by atoms with Gasteiger partial charge in [0.15, 0.2) is 0 Å². The molecule has 3 aliphatic carbocycles. The first-order chi connectivity index (χ1) is 10.7. The Bertz CT molecular complexity index is 626. The van der Waals surface area contributed by atoms with E-state index in [0.717, 1.165) is 19.3 Å². The van der Waals surface area contributed by atoms with E-state index < -0.39 is 0 Å². The maximum absolute atomic E-state index is 12.1. The molecule has 2 atom stereocenters. The molecule has 0 saturated heterocycles. The number of hydrogen-bond donors (Lipinski definition) is 1. The molecule has 1 aromatic carbocycles. The highest BCUT2D eigenvalue weighted by Gasteiger charge is 2.51. The second-order valence-corrected chi connectivity index (χ2v) is 7.49. The third kappa shape index (κ3) is 2.12. The van der Waals surface area contributed by atoms with E-state index in [-0.39, 0.29) is 11.3 Å². The number of benzene rings is 1. The minimum atomic E-state index is -0.379. The Morgan fingerprint density at radius 2 is 1.95 bits per heavy atom. The molecule has 1 amide bonds. The van der Waals surface area contributed by atoms with Gasteiger partial charge in [0.1, 0.15) is 0 Å². The monoisotopic (exact) mass is 295 g/mol. The highest BCUT2D eigenvalue weighted by Crippen LogP contribution is 2.57. The van der Waals surface area contributed by atoms with Gasteiger partial charge in [0, 0.05) is 0 Å². The summed E-state index contributed by atoms with van der Waals surface area (Å²) in [6.07, 6.45) is 12.0. The first-order valence-corrected chi connectivity index (χ1v) is 8.81. The summed E-state index contributed by atoms with van der Waals surface area (Å²) >= 11 is 0. The van der Waals surface area contributed by atoms with E-state index in [1.807, 2.05) is 0 Å². The normalized spacial score (nSPS) is 31.3. The molecule has 4 rings (SSSR count). The van der Waals surface area contributed by atoms with Gasteiger partial charge in [-0.3, -0.25) is 4.79 Å². The van der Waals surface area contributed by atoms with Gasteiger partial charge in [-0.05, 0) is 60.6 Å². The molecule has 2 N–H and O–H groups in total. The minimum absolute atomic E-state index is 0.123. The second kappa shape index (κ2) is 5.26. The molecule has 2 bridgehead atoms. The topological polar surface area (TPSA) is 43.1 Å². The molecule has 1 aromatic rings. The lowest BCUT2D eigenvalue weighted by Gasteiger charge is -2.28. The van der Waals surface area contributed by atoms with Crippen molar-refractivity contribution >= 4 is 11.5 Å². The van der Waals surface area contributed by atoms with Crippen LogP contribution < -0.4 is 5.73 Å². The number of primary amides is 1. The molecule has 22 heavy (non-hydrogen) atoms. The van der Waals surface area contributed by atoms with Crippen molar-refractivity contribution in [3.63, 3.8) is 0 Å². The molecule has 0 spiro atoms. The highest BCUT2D eigenvalue weighted by atomic mass is 16.1. The van der Waals surface area contributed by atoms with Gasteiger partial charge in [0.05, 0.1) is 5.41 Å². The van der Waals surface area contributed by atoms with Crippen molar-refractivity contribution in [1.29, 1.82) is 0 Å². The van der Waals surface area contributed by atoms with Gasteiger partial charge in [-0.1, -0.05) is 49.6 Å². The number of rotatable bonds is 3. The summed E-state index contributed by atoms with van der Waals surface area (Å²) in [7, 11) is 0. The van der Waals surface area contributed by atoms with Crippen LogP contribution in [0.5, 0.6) is 0 Å². The van der Waals surface area contributed by atoms with Crippen LogP contribution in [0.1, 0.15) is 68.4 Å². The number of fused-ring (bicyclic) bond motifs is 2. The van der Waals surface area contributed by atoms with Crippen molar-refractivity contribution in [1.82, 2.24) is 0 Å². The molecule has 2 unspecified atom stereocenters. The van der Waals surface area contributed by atoms with E-state index in [0.29, 0.717) is 11.8 Å². The molecule has 0 radical (unpaired) electrons. The zero-order chi connectivity index (χ0) is 15.2. The van der Waals surface area contributed by atoms with Crippen molar-refractivity contribution in [2.75, 3.05) is 0 Å². The van der Waals surface area contributed by atoms with Crippen LogP contribution in [0.4, 0.5) is 0 Å². The van der Waals surface area contributed by atoms with Gasteiger partial charge in [0.2, 0.25) is 5.91 Å². The Balaban J connectivity index is 1.68. The zero-order valence-electron chi connectivity index (χ0n) is 13.2. The third-order valence-electron chi connectivity index (χ3n) is 6.22. The van der Waals surface area contributed by atoms with Gasteiger partial charge in [-0.25, -0.2) is 0 Å². The highest BCUT2D eigenvalue weighted by molar-refractivity contribution is 5.97. The molecular formula is C20H25NO. The summed E-state index contributed by atoms with van der Waals surface area (Å²) in [6.45, 7) is 0. The average Bonchev–Trinajstić information content (AvgIpc) is 3.16. The van der Waals surface area contributed by atoms with Gasteiger partial charge in [0.25, 0.3) is 0 Å². The van der Waals surface area contributed by atoms with Crippen molar-refractivity contribution in [2.45, 2.75) is 57.3 Å². The fraction of sp³-hybridized carbons (Fsp3) is 0.550. The lowest BCUT2D eigenvalue weighted by Crippen LogP contribution is -2.34. The van der Waals surface area contributed by atoms with Gasteiger partial charge in [-0.2, -0.15) is 0 Å². The van der Waals surface area contributed by atoms with Gasteiger partial charge >= 0.3 is 0 Å². The SMILES string of the molecule is NC(=O)C12CCC(C=C1c1cccc(C3CCCCC3)c1)C2. The number of allylic oxidation sites excluding steroid dienone is 1. The lowest BCUT2D eigenvalue weighted by molar-refractivity contribution is -0.124. The van der Waals surface area contributed by atoms with Crippen molar-refractivity contribution in [2.24, 2.45) is 17.1 Å². The fourth-order valence-corrected chi connectivity index (χ4v) is 4.99. The first-order valence-electron chi connectivity index (χ1n) is 8.81. The zero-order valence-corrected chi connectivity index (χ0v) is 13.2. The number of carbonyl (C=O) groups is 1. The van der Waals surface area contributed by atoms with E-state index in [4.69, 9.17) is 5.73 Å². The van der Waals surface area contributed by atoms with Crippen molar-refractivity contribution in [3.05, 3.63) is 41.5 Å². The van der Waals surface area contributed by atoms with Crippen LogP contribution in [-0.2, 0) is 4.79 Å². The Morgan fingerprint density at radius 3 is 2.68 bits per heavy atom. The maximum Gasteiger partial charge on any atom is 0.228 e. The van der Waals surface area contributed by atoms with Gasteiger partial charge in [-0.15, -0.1) is 0 Å². The second-order valence-electron chi connectivity index (χ2n) is 7.49. The Hall–Kier alpha value is -1.57. The summed E-state index contributed by atoms with van der Waals surface area (Å²) in [4.78, 5) is 12.1. The van der Waals surface area contributed by atoms with E-state index in [1.54, 1.807) is 0 Å². The molecule has 2 nitrogen and oxygen atoms in total. The number of carbonyl (C=O) groups excluding carboxylic acids is 1. The molecule has 2 saturated carbocycles. The van der Waals surface area contributed by atoms with Crippen LogP contribution in [0.15, 0.2) is 30.3 Å². The van der Waals surface area contributed by atoms with E-state index in [1.165, 1.54) is 48.8 Å². The van der Waals surface area contributed by atoms with Crippen LogP contribution in [0.25, 0.3) is 5.57 Å². The third-order valence-corrected chi connectivity index (χ3v) is 6.22. The molecule has 0 heterocycles. The Morgan fingerprint density at radius 1 is 1.14 bits per heavy atom. The largest absolute Gasteiger partial charge is 0.369 e. The fourth-order valence-electron chi connectivity index (χ4n) is 4.99. The van der Waals surface area contributed by atoms with Crippen LogP contribution in [0.3, 0.4) is 0 Å². The first kappa shape index (κ1) is 14.0. The smallest absolute Gasteiger partial charge is 0.228 e. The predicted molar refractivity (Wildman–Crippen MR) is 89.2 cm³/mol. The predicted octanol–water partition coefficient (Wildman–Crippen LogP) is 4.40. The Labute approximate surface area is 132 Å². The summed E-state index contributed by atoms with van der Waals surface area (Å²) in [5, 5.41) is 0. The number of nitrogens with two attached hydrogens (primary N) is 1. The van der Waals surface area contributed by atoms with E-state index in [9.17, 15) is 4.79 Å². The quantitative estimate of drug-likeness (QED) is 0.882. The molecule has 3 aliphatic rings. The summed E-state index contributed by atoms with van der Waals surface area (Å²) < 4.78 is 0. The van der Waals surface area contributed by atoms with Gasteiger partial charge < -0.3 is 5.73 Å². The summed E-state index contributed by atoms with van der Waals surface area (Å²) in [5.41, 5.74) is 9.33. The van der Waals surface area contributed by atoms with E-state index in [2.05, 4.69) is 30.3 Å². The van der Waals surface area contributed by atoms with E-state index >= 15 is 0 Å². The van der Waals surface area contributed by atoms with Crippen LogP contribution >= 0.6 is 0 Å². The molecule has 0 aromatic heterocycles. The minimum Gasteiger partial charge on any atom is -0.369 e. The lowest BCUT2D eigenvalue weighted by atomic mass is 9.75. The van der Waals surface area contributed by atoms with Crippen LogP contribution in [0, 0.1) is 11.3 Å². The summed E-state index contributed by atoms with van der Waals surface area (Å²) in [6, 6.07) is 8.95. The molecule has 2 fully saturated rings. The summed E-state index contributed by atoms with van der Waals surface area (Å²) in [5.74, 6) is 1.14. The standard InChI is InChI=1S/C20H25NO/c21-19(22)20-10-9-14(13-20)11-18(20)17-8-4-7-16(12-17)15-5-2-1-3-6-15/h4,7-8,11-12,14-15H,1-3,5-6,9-10,13H2,(H2,21,22). The molecule has 0 aliphatic heterocycles. The van der Waals surface area contributed by atoms with Crippen molar-refractivity contribution < 1.29 is 4.79 Å². The average molecular weight is 295 g/mol. The molecular weight excluding hydrogens is 270 g/mol. The maximum atomic E-state index is 12.1. The van der Waals surface area contributed by atoms with Crippen molar-refractivity contribution in [3.8, 4) is 0 Å². The van der Waals surface area contributed by atoms with Crippen LogP contribution in [0.2, 0.25) is 0 Å². The molecule has 116 valence electrons. The number of amides is 1. The van der Waals surface area contributed by atoms with Crippen LogP contribution in [-0.4, -0.2) is 5.91 Å². The Kier molecular flexibility index (Phi) is 3.36. The molecule has 2 heteroatoms.